The molecule has 0 unspecified atom stereocenters. The van der Waals surface area contributed by atoms with Crippen LogP contribution in [0.25, 0.3) is 0 Å². The summed E-state index contributed by atoms with van der Waals surface area (Å²) in [7, 11) is 0. The molecule has 0 aromatic heterocycles. The molecule has 1 aliphatic heterocycles. The molecule has 0 amide bonds. The highest BCUT2D eigenvalue weighted by Gasteiger charge is 2.41. The number of fused-ring (bicyclic) bond motifs is 1. The van der Waals surface area contributed by atoms with Crippen molar-refractivity contribution >= 4 is 5.97 Å². The van der Waals surface area contributed by atoms with Gasteiger partial charge in [-0.15, -0.1) is 0 Å². The van der Waals surface area contributed by atoms with Gasteiger partial charge in [-0.3, -0.25) is 0 Å². The molecule has 2 rings (SSSR count). The van der Waals surface area contributed by atoms with Crippen LogP contribution in [-0.4, -0.2) is 23.3 Å². The molecule has 1 N–H and O–H groups in total. The topological polar surface area (TPSA) is 46.5 Å². The van der Waals surface area contributed by atoms with Gasteiger partial charge in [0.25, 0.3) is 0 Å². The number of allylic oxidation sites excluding steroid dienone is 1. The quantitative estimate of drug-likeness (QED) is 0.463. The first-order valence-electron chi connectivity index (χ1n) is 4.92. The lowest BCUT2D eigenvalue weighted by atomic mass is 10.1. The van der Waals surface area contributed by atoms with E-state index in [1.807, 2.05) is 13.0 Å². The van der Waals surface area contributed by atoms with Gasteiger partial charge in [0, 0.05) is 12.0 Å². The fraction of sp³-hybridized carbons (Fsp3) is 0.545. The van der Waals surface area contributed by atoms with Gasteiger partial charge in [-0.2, -0.15) is 0 Å². The maximum Gasteiger partial charge on any atom is 0.330 e. The maximum absolute atomic E-state index is 11.2. The van der Waals surface area contributed by atoms with E-state index in [2.05, 4.69) is 0 Å². The number of hydrogen-bond acceptors (Lipinski definition) is 3. The van der Waals surface area contributed by atoms with Crippen LogP contribution in [0.5, 0.6) is 0 Å². The van der Waals surface area contributed by atoms with E-state index in [1.165, 1.54) is 12.2 Å². The van der Waals surface area contributed by atoms with Gasteiger partial charge < -0.3 is 9.84 Å². The van der Waals surface area contributed by atoms with Gasteiger partial charge in [0.2, 0.25) is 0 Å². The van der Waals surface area contributed by atoms with Crippen molar-refractivity contribution in [1.29, 1.82) is 0 Å². The fourth-order valence-electron chi connectivity index (χ4n) is 1.80. The maximum atomic E-state index is 11.2. The smallest absolute Gasteiger partial charge is 0.330 e. The number of hydrogen-bond donors (Lipinski definition) is 1. The lowest BCUT2D eigenvalue weighted by molar-refractivity contribution is -0.143. The predicted molar refractivity (Wildman–Crippen MR) is 51.4 cm³/mol. The van der Waals surface area contributed by atoms with Crippen LogP contribution in [0.2, 0.25) is 0 Å². The second kappa shape index (κ2) is 3.58. The van der Waals surface area contributed by atoms with Gasteiger partial charge >= 0.3 is 5.97 Å². The zero-order valence-corrected chi connectivity index (χ0v) is 8.09. The van der Waals surface area contributed by atoms with Crippen molar-refractivity contribution < 1.29 is 14.6 Å². The van der Waals surface area contributed by atoms with Crippen molar-refractivity contribution in [3.05, 3.63) is 24.3 Å². The lowest BCUT2D eigenvalue weighted by Crippen LogP contribution is -2.17. The highest BCUT2D eigenvalue weighted by molar-refractivity contribution is 5.82. The molecule has 0 saturated heterocycles. The number of cyclic esters (lactones) is 1. The first-order valence-corrected chi connectivity index (χ1v) is 4.92. The normalized spacial score (nSPS) is 41.4. The molecular formula is C11H14O3. The average Bonchev–Trinajstić information content (AvgIpc) is 2.89. The van der Waals surface area contributed by atoms with Gasteiger partial charge in [-0.25, -0.2) is 4.79 Å². The van der Waals surface area contributed by atoms with Crippen LogP contribution in [0.4, 0.5) is 0 Å². The lowest BCUT2D eigenvalue weighted by Gasteiger charge is -2.11. The molecular weight excluding hydrogens is 180 g/mol. The Bertz CT molecular complexity index is 293. The Balaban J connectivity index is 2.11. The summed E-state index contributed by atoms with van der Waals surface area (Å²) in [6.45, 7) is 1.92. The minimum atomic E-state index is -0.669. The number of esters is 1. The highest BCUT2D eigenvalue weighted by Crippen LogP contribution is 2.43. The van der Waals surface area contributed by atoms with Crippen molar-refractivity contribution in [2.24, 2.45) is 11.8 Å². The summed E-state index contributed by atoms with van der Waals surface area (Å²) in [6, 6.07) is 0. The molecule has 3 nitrogen and oxygen atoms in total. The summed E-state index contributed by atoms with van der Waals surface area (Å²) in [4.78, 5) is 11.2. The number of rotatable bonds is 0. The predicted octanol–water partition coefficient (Wildman–Crippen LogP) is 1.04. The molecule has 1 fully saturated rings. The Morgan fingerprint density at radius 3 is 3.00 bits per heavy atom. The molecule has 0 bridgehead atoms. The molecule has 4 atom stereocenters. The third-order valence-corrected chi connectivity index (χ3v) is 2.78. The van der Waals surface area contributed by atoms with Crippen LogP contribution in [0.3, 0.4) is 0 Å². The number of aliphatic hydroxyl groups is 1. The van der Waals surface area contributed by atoms with Gasteiger partial charge in [0.15, 0.2) is 0 Å². The SMILES string of the molecule is C[C@H]1OC(=O)C=C[C@H](O)C=C[C@H]2C[C@H]21. The zero-order chi connectivity index (χ0) is 10.1. The van der Waals surface area contributed by atoms with E-state index < -0.39 is 6.10 Å². The second-order valence-electron chi connectivity index (χ2n) is 3.94. The number of ether oxygens (including phenoxy) is 1. The standard InChI is InChI=1S/C11H14O3/c1-7-10-6-8(10)2-3-9(12)4-5-11(13)14-7/h2-5,7-10,12H,6H2,1H3/t7-,8+,9-,10+/m1/s1. The fourth-order valence-corrected chi connectivity index (χ4v) is 1.80. The number of carbonyl (C=O) groups excluding carboxylic acids is 1. The summed E-state index contributed by atoms with van der Waals surface area (Å²) >= 11 is 0. The minimum Gasteiger partial charge on any atom is -0.459 e. The van der Waals surface area contributed by atoms with E-state index in [-0.39, 0.29) is 12.1 Å². The molecule has 0 aromatic rings. The number of aliphatic hydroxyl groups excluding tert-OH is 1. The zero-order valence-electron chi connectivity index (χ0n) is 8.09. The van der Waals surface area contributed by atoms with E-state index in [4.69, 9.17) is 4.74 Å². The van der Waals surface area contributed by atoms with Gasteiger partial charge in [0.05, 0.1) is 6.10 Å². The molecule has 14 heavy (non-hydrogen) atoms. The van der Waals surface area contributed by atoms with Crippen molar-refractivity contribution in [3.63, 3.8) is 0 Å². The third kappa shape index (κ3) is 2.04. The van der Waals surface area contributed by atoms with Crippen LogP contribution < -0.4 is 0 Å². The van der Waals surface area contributed by atoms with Crippen LogP contribution >= 0.6 is 0 Å². The van der Waals surface area contributed by atoms with Gasteiger partial charge in [0.1, 0.15) is 6.10 Å². The minimum absolute atomic E-state index is 0.0166. The van der Waals surface area contributed by atoms with Gasteiger partial charge in [-0.05, 0) is 25.3 Å². The summed E-state index contributed by atoms with van der Waals surface area (Å²) in [5, 5.41) is 9.37. The van der Waals surface area contributed by atoms with Crippen LogP contribution in [-0.2, 0) is 9.53 Å². The second-order valence-corrected chi connectivity index (χ2v) is 3.94. The van der Waals surface area contributed by atoms with E-state index in [0.29, 0.717) is 11.8 Å². The Morgan fingerprint density at radius 2 is 2.21 bits per heavy atom. The van der Waals surface area contributed by atoms with Crippen molar-refractivity contribution in [2.75, 3.05) is 0 Å². The van der Waals surface area contributed by atoms with Crippen molar-refractivity contribution in [3.8, 4) is 0 Å². The summed E-state index contributed by atoms with van der Waals surface area (Å²) < 4.78 is 5.16. The molecule has 3 heteroatoms. The molecule has 1 saturated carbocycles. The highest BCUT2D eigenvalue weighted by atomic mass is 16.5. The summed E-state index contributed by atoms with van der Waals surface area (Å²) in [5.74, 6) is 0.547. The molecule has 2 aliphatic rings. The van der Waals surface area contributed by atoms with Gasteiger partial charge in [-0.1, -0.05) is 12.2 Å². The van der Waals surface area contributed by atoms with E-state index in [9.17, 15) is 9.90 Å². The largest absolute Gasteiger partial charge is 0.459 e. The van der Waals surface area contributed by atoms with E-state index >= 15 is 0 Å². The molecule has 1 aliphatic carbocycles. The van der Waals surface area contributed by atoms with E-state index in [0.717, 1.165) is 6.42 Å². The Kier molecular flexibility index (Phi) is 2.42. The first kappa shape index (κ1) is 9.46. The summed E-state index contributed by atoms with van der Waals surface area (Å²) in [6.07, 6.45) is 6.83. The van der Waals surface area contributed by atoms with Crippen LogP contribution in [0.15, 0.2) is 24.3 Å². The summed E-state index contributed by atoms with van der Waals surface area (Å²) in [5.41, 5.74) is 0. The molecule has 76 valence electrons. The van der Waals surface area contributed by atoms with Crippen LogP contribution in [0, 0.1) is 11.8 Å². The third-order valence-electron chi connectivity index (χ3n) is 2.78. The monoisotopic (exact) mass is 194 g/mol. The van der Waals surface area contributed by atoms with E-state index in [1.54, 1.807) is 6.08 Å². The molecule has 0 spiro atoms. The molecule has 1 heterocycles. The Morgan fingerprint density at radius 1 is 1.43 bits per heavy atom. The Labute approximate surface area is 83.1 Å². The van der Waals surface area contributed by atoms with Crippen molar-refractivity contribution in [1.82, 2.24) is 0 Å². The average molecular weight is 194 g/mol. The molecule has 0 radical (unpaired) electrons. The number of carbonyl (C=O) groups is 1. The first-order chi connectivity index (χ1) is 6.66. The Hall–Kier alpha value is -1.09. The molecule has 0 aromatic carbocycles. The van der Waals surface area contributed by atoms with Crippen molar-refractivity contribution in [2.45, 2.75) is 25.6 Å². The van der Waals surface area contributed by atoms with Crippen LogP contribution in [0.1, 0.15) is 13.3 Å².